The van der Waals surface area contributed by atoms with E-state index in [-0.39, 0.29) is 11.9 Å². The van der Waals surface area contributed by atoms with Gasteiger partial charge in [0.05, 0.1) is 43.4 Å². The molecule has 2 aliphatic rings. The van der Waals surface area contributed by atoms with Crippen LogP contribution in [0.3, 0.4) is 0 Å². The molecule has 0 radical (unpaired) electrons. The lowest BCUT2D eigenvalue weighted by atomic mass is 9.97. The Bertz CT molecular complexity index is 1390. The second-order valence-corrected chi connectivity index (χ2v) is 9.45. The van der Waals surface area contributed by atoms with Crippen LogP contribution in [-0.4, -0.2) is 64.2 Å². The Labute approximate surface area is 215 Å². The van der Waals surface area contributed by atoms with Gasteiger partial charge in [-0.1, -0.05) is 48.0 Å². The number of carbonyl (C=O) groups is 1. The Balaban J connectivity index is 1.41. The highest BCUT2D eigenvalue weighted by atomic mass is 16.5. The van der Waals surface area contributed by atoms with Crippen molar-refractivity contribution >= 4 is 11.6 Å². The third-order valence-corrected chi connectivity index (χ3v) is 6.88. The zero-order valence-electron chi connectivity index (χ0n) is 20.8. The normalized spacial score (nSPS) is 18.2. The molecule has 1 amide bonds. The van der Waals surface area contributed by atoms with Gasteiger partial charge in [0.25, 0.3) is 5.91 Å². The minimum Gasteiger partial charge on any atom is -0.463 e. The Hall–Kier alpha value is -4.01. The zero-order chi connectivity index (χ0) is 25.2. The van der Waals surface area contributed by atoms with Gasteiger partial charge in [0, 0.05) is 36.8 Å². The summed E-state index contributed by atoms with van der Waals surface area (Å²) in [6, 6.07) is 21.8. The van der Waals surface area contributed by atoms with Gasteiger partial charge >= 0.3 is 0 Å². The topological polar surface area (TPSA) is 76.1 Å². The summed E-state index contributed by atoms with van der Waals surface area (Å²) in [5.41, 5.74) is 5.69. The summed E-state index contributed by atoms with van der Waals surface area (Å²) in [6.07, 6.45) is 4.21. The van der Waals surface area contributed by atoms with Crippen molar-refractivity contribution in [2.75, 3.05) is 32.8 Å². The van der Waals surface area contributed by atoms with E-state index in [0.29, 0.717) is 31.9 Å². The van der Waals surface area contributed by atoms with Crippen molar-refractivity contribution < 1.29 is 13.9 Å². The number of hydrazone groups is 1. The number of aryl methyl sites for hydroxylation is 1. The van der Waals surface area contributed by atoms with Crippen molar-refractivity contribution in [3.05, 3.63) is 96.1 Å². The average Bonchev–Trinajstić information content (AvgIpc) is 3.70. The number of para-hydroxylation sites is 1. The molecular weight excluding hydrogens is 466 g/mol. The molecule has 188 valence electrons. The molecule has 6 rings (SSSR count). The largest absolute Gasteiger partial charge is 0.463 e. The molecule has 0 N–H and O–H groups in total. The number of furan rings is 1. The van der Waals surface area contributed by atoms with Gasteiger partial charge in [-0.3, -0.25) is 9.69 Å². The molecule has 1 fully saturated rings. The van der Waals surface area contributed by atoms with Gasteiger partial charge in [-0.2, -0.15) is 10.2 Å². The molecule has 37 heavy (non-hydrogen) atoms. The minimum atomic E-state index is -0.303. The van der Waals surface area contributed by atoms with E-state index in [1.165, 1.54) is 5.56 Å². The molecule has 2 aromatic carbocycles. The predicted molar refractivity (Wildman–Crippen MR) is 140 cm³/mol. The number of amides is 1. The van der Waals surface area contributed by atoms with Crippen molar-refractivity contribution in [1.82, 2.24) is 19.7 Å². The quantitative estimate of drug-likeness (QED) is 0.395. The number of hydrogen-bond acceptors (Lipinski definition) is 6. The van der Waals surface area contributed by atoms with Crippen molar-refractivity contribution in [3.63, 3.8) is 0 Å². The lowest BCUT2D eigenvalue weighted by Gasteiger charge is -2.29. The Morgan fingerprint density at radius 1 is 1.00 bits per heavy atom. The summed E-state index contributed by atoms with van der Waals surface area (Å²) in [5, 5.41) is 11.4. The molecule has 2 aromatic heterocycles. The smallest absolute Gasteiger partial charge is 0.257 e. The van der Waals surface area contributed by atoms with Crippen molar-refractivity contribution in [1.29, 1.82) is 0 Å². The molecule has 0 bridgehead atoms. The van der Waals surface area contributed by atoms with Gasteiger partial charge in [0.2, 0.25) is 0 Å². The number of morpholine rings is 1. The van der Waals surface area contributed by atoms with Gasteiger partial charge in [0.15, 0.2) is 0 Å². The lowest BCUT2D eigenvalue weighted by molar-refractivity contribution is -0.135. The highest BCUT2D eigenvalue weighted by Gasteiger charge is 2.37. The molecule has 0 saturated carbocycles. The van der Waals surface area contributed by atoms with Crippen LogP contribution in [0.5, 0.6) is 0 Å². The molecule has 1 atom stereocenters. The van der Waals surface area contributed by atoms with E-state index < -0.39 is 0 Å². The van der Waals surface area contributed by atoms with Crippen LogP contribution in [0.25, 0.3) is 16.9 Å². The first-order chi connectivity index (χ1) is 18.2. The van der Waals surface area contributed by atoms with Crippen LogP contribution in [0, 0.1) is 6.92 Å². The molecular formula is C29H29N5O3. The first-order valence-electron chi connectivity index (χ1n) is 12.6. The first-order valence-corrected chi connectivity index (χ1v) is 12.6. The summed E-state index contributed by atoms with van der Waals surface area (Å²) < 4.78 is 13.0. The summed E-state index contributed by atoms with van der Waals surface area (Å²) in [6.45, 7) is 5.11. The molecule has 8 heteroatoms. The highest BCUT2D eigenvalue weighted by molar-refractivity contribution is 6.01. The number of hydrogen-bond donors (Lipinski definition) is 0. The molecule has 1 saturated heterocycles. The van der Waals surface area contributed by atoms with Crippen LogP contribution in [0.2, 0.25) is 0 Å². The van der Waals surface area contributed by atoms with Crippen LogP contribution < -0.4 is 0 Å². The predicted octanol–water partition coefficient (Wildman–Crippen LogP) is 4.45. The second kappa shape index (κ2) is 10.2. The van der Waals surface area contributed by atoms with Crippen LogP contribution in [0.15, 0.2) is 88.7 Å². The monoisotopic (exact) mass is 495 g/mol. The van der Waals surface area contributed by atoms with E-state index in [4.69, 9.17) is 19.4 Å². The average molecular weight is 496 g/mol. The third kappa shape index (κ3) is 4.85. The fourth-order valence-corrected chi connectivity index (χ4v) is 4.88. The van der Waals surface area contributed by atoms with Crippen LogP contribution in [-0.2, 0) is 9.53 Å². The summed E-state index contributed by atoms with van der Waals surface area (Å²) in [7, 11) is 0. The van der Waals surface area contributed by atoms with Gasteiger partial charge in [-0.25, -0.2) is 9.69 Å². The van der Waals surface area contributed by atoms with Gasteiger partial charge < -0.3 is 9.15 Å². The van der Waals surface area contributed by atoms with Crippen LogP contribution in [0.1, 0.15) is 29.3 Å². The molecule has 4 heterocycles. The van der Waals surface area contributed by atoms with Crippen molar-refractivity contribution in [2.24, 2.45) is 5.10 Å². The molecule has 4 aromatic rings. The van der Waals surface area contributed by atoms with Crippen LogP contribution in [0.4, 0.5) is 0 Å². The minimum absolute atomic E-state index is 0.0456. The molecule has 2 aliphatic heterocycles. The summed E-state index contributed by atoms with van der Waals surface area (Å²) >= 11 is 0. The van der Waals surface area contributed by atoms with E-state index in [9.17, 15) is 4.79 Å². The zero-order valence-corrected chi connectivity index (χ0v) is 20.8. The number of carbonyl (C=O) groups excluding carboxylic acids is 1. The fourth-order valence-electron chi connectivity index (χ4n) is 4.88. The van der Waals surface area contributed by atoms with Gasteiger partial charge in [-0.15, -0.1) is 0 Å². The third-order valence-electron chi connectivity index (χ3n) is 6.88. The number of aromatic nitrogens is 2. The summed E-state index contributed by atoms with van der Waals surface area (Å²) in [5.74, 6) is 0.634. The van der Waals surface area contributed by atoms with E-state index in [0.717, 1.165) is 41.3 Å². The highest BCUT2D eigenvalue weighted by Crippen LogP contribution is 2.38. The maximum atomic E-state index is 13.7. The van der Waals surface area contributed by atoms with E-state index in [1.54, 1.807) is 11.3 Å². The van der Waals surface area contributed by atoms with Crippen molar-refractivity contribution in [2.45, 2.75) is 19.4 Å². The SMILES string of the molecule is Cc1ccc(-c2nn(-c3ccccc3)cc2[C@@H]2CC(c3ccco3)=NN2C(=O)CN2CCOCC2)cc1. The molecule has 0 aliphatic carbocycles. The molecule has 8 nitrogen and oxygen atoms in total. The van der Waals surface area contributed by atoms with Gasteiger partial charge in [0.1, 0.15) is 11.5 Å². The second-order valence-electron chi connectivity index (χ2n) is 9.45. The van der Waals surface area contributed by atoms with Crippen molar-refractivity contribution in [3.8, 4) is 16.9 Å². The van der Waals surface area contributed by atoms with Crippen LogP contribution >= 0.6 is 0 Å². The first kappa shape index (κ1) is 23.4. The van der Waals surface area contributed by atoms with E-state index in [1.807, 2.05) is 53.3 Å². The molecule has 0 spiro atoms. The summed E-state index contributed by atoms with van der Waals surface area (Å²) in [4.78, 5) is 15.8. The van der Waals surface area contributed by atoms with Gasteiger partial charge in [-0.05, 0) is 31.2 Å². The Morgan fingerprint density at radius 2 is 1.78 bits per heavy atom. The maximum absolute atomic E-state index is 13.7. The lowest BCUT2D eigenvalue weighted by Crippen LogP contribution is -2.43. The number of ether oxygens (including phenoxy) is 1. The fraction of sp³-hybridized carbons (Fsp3) is 0.276. The Kier molecular flexibility index (Phi) is 6.42. The number of benzene rings is 2. The van der Waals surface area contributed by atoms with E-state index >= 15 is 0 Å². The standard InChI is InChI=1S/C29H29N5O3/c1-21-9-11-22(12-10-21)29-24(19-33(31-29)23-6-3-2-4-7-23)26-18-25(27-8-5-15-37-27)30-34(26)28(35)20-32-13-16-36-17-14-32/h2-12,15,19,26H,13-14,16-18,20H2,1H3/t26-/m0/s1. The number of rotatable bonds is 6. The number of nitrogens with zero attached hydrogens (tertiary/aromatic N) is 5. The Morgan fingerprint density at radius 3 is 2.51 bits per heavy atom. The molecule has 0 unspecified atom stereocenters. The maximum Gasteiger partial charge on any atom is 0.257 e. The van der Waals surface area contributed by atoms with E-state index in [2.05, 4.69) is 36.1 Å².